The number of aliphatic hydroxyl groups excluding tert-OH is 1. The van der Waals surface area contributed by atoms with Gasteiger partial charge in [0.25, 0.3) is 0 Å². The summed E-state index contributed by atoms with van der Waals surface area (Å²) in [5.41, 5.74) is 1.46. The third-order valence-electron chi connectivity index (χ3n) is 4.30. The number of hydrogen-bond donors (Lipinski definition) is 1. The van der Waals surface area contributed by atoms with Crippen LogP contribution in [0.2, 0.25) is 0 Å². The number of rotatable bonds is 4. The first-order valence-electron chi connectivity index (χ1n) is 7.78. The first-order chi connectivity index (χ1) is 10.1. The summed E-state index contributed by atoms with van der Waals surface area (Å²) >= 11 is 1.84. The zero-order chi connectivity index (χ0) is 15.0. The summed E-state index contributed by atoms with van der Waals surface area (Å²) in [6.45, 7) is 8.03. The Bertz CT molecular complexity index is 652. The van der Waals surface area contributed by atoms with Crippen LogP contribution in [-0.2, 0) is 12.8 Å². The molecule has 1 atom stereocenters. The van der Waals surface area contributed by atoms with E-state index in [-0.39, 0.29) is 6.61 Å². The molecule has 1 aliphatic rings. The summed E-state index contributed by atoms with van der Waals surface area (Å²) in [7, 11) is 0. The van der Waals surface area contributed by atoms with Gasteiger partial charge in [-0.3, -0.25) is 0 Å². The van der Waals surface area contributed by atoms with Crippen molar-refractivity contribution in [3.05, 3.63) is 16.3 Å². The van der Waals surface area contributed by atoms with Gasteiger partial charge in [-0.2, -0.15) is 0 Å². The van der Waals surface area contributed by atoms with Crippen molar-refractivity contribution in [1.82, 2.24) is 9.97 Å². The zero-order valence-electron chi connectivity index (χ0n) is 13.0. The van der Waals surface area contributed by atoms with Gasteiger partial charge in [-0.05, 0) is 44.6 Å². The Labute approximate surface area is 129 Å². The second-order valence-electron chi connectivity index (χ2n) is 5.93. The van der Waals surface area contributed by atoms with E-state index in [0.29, 0.717) is 6.54 Å². The molecule has 2 aromatic rings. The Morgan fingerprint density at radius 2 is 2.19 bits per heavy atom. The van der Waals surface area contributed by atoms with Gasteiger partial charge in [0.2, 0.25) is 0 Å². The SMILES string of the molecule is CCN(CCO)c1nc(C)nc2sc3c(c12)CCC(C)C3. The lowest BCUT2D eigenvalue weighted by molar-refractivity contribution is 0.302. The molecule has 0 aliphatic heterocycles. The number of aliphatic hydroxyl groups is 1. The van der Waals surface area contributed by atoms with E-state index in [1.165, 1.54) is 28.7 Å². The number of aryl methyl sites for hydroxylation is 2. The van der Waals surface area contributed by atoms with Crippen molar-refractivity contribution < 1.29 is 5.11 Å². The highest BCUT2D eigenvalue weighted by atomic mass is 32.1. The normalized spacial score (nSPS) is 18.0. The number of likely N-dealkylation sites (N-methyl/N-ethyl adjacent to an activating group) is 1. The average Bonchev–Trinajstić information content (AvgIpc) is 2.80. The molecule has 1 aliphatic carbocycles. The summed E-state index contributed by atoms with van der Waals surface area (Å²) < 4.78 is 0. The molecule has 1 unspecified atom stereocenters. The van der Waals surface area contributed by atoms with Crippen molar-refractivity contribution in [2.75, 3.05) is 24.6 Å². The van der Waals surface area contributed by atoms with Crippen LogP contribution in [0.3, 0.4) is 0 Å². The topological polar surface area (TPSA) is 49.2 Å². The summed E-state index contributed by atoms with van der Waals surface area (Å²) in [4.78, 5) is 14.1. The van der Waals surface area contributed by atoms with Crippen LogP contribution in [0.25, 0.3) is 10.2 Å². The standard InChI is InChI=1S/C16H23N3OS/c1-4-19(7-8-20)15-14-12-6-5-10(2)9-13(12)21-16(14)18-11(3)17-15/h10,20H,4-9H2,1-3H3. The molecule has 0 aromatic carbocycles. The van der Waals surface area contributed by atoms with E-state index in [0.717, 1.165) is 35.4 Å². The van der Waals surface area contributed by atoms with Crippen molar-refractivity contribution in [2.45, 2.75) is 40.0 Å². The molecule has 0 bridgehead atoms. The molecule has 4 nitrogen and oxygen atoms in total. The molecule has 5 heteroatoms. The van der Waals surface area contributed by atoms with E-state index in [1.54, 1.807) is 0 Å². The van der Waals surface area contributed by atoms with Gasteiger partial charge in [-0.1, -0.05) is 6.92 Å². The van der Waals surface area contributed by atoms with Crippen LogP contribution in [0.5, 0.6) is 0 Å². The monoisotopic (exact) mass is 305 g/mol. The van der Waals surface area contributed by atoms with Crippen LogP contribution in [0, 0.1) is 12.8 Å². The fourth-order valence-electron chi connectivity index (χ4n) is 3.19. The van der Waals surface area contributed by atoms with Crippen LogP contribution in [-0.4, -0.2) is 34.8 Å². The summed E-state index contributed by atoms with van der Waals surface area (Å²) in [6.07, 6.45) is 3.55. The lowest BCUT2D eigenvalue weighted by atomic mass is 9.89. The molecular formula is C16H23N3OS. The van der Waals surface area contributed by atoms with Crippen molar-refractivity contribution in [3.8, 4) is 0 Å². The Hall–Kier alpha value is -1.20. The van der Waals surface area contributed by atoms with Crippen LogP contribution in [0.4, 0.5) is 5.82 Å². The highest BCUT2D eigenvalue weighted by Crippen LogP contribution is 2.40. The fourth-order valence-corrected chi connectivity index (χ4v) is 4.61. The highest BCUT2D eigenvalue weighted by molar-refractivity contribution is 7.19. The molecule has 0 saturated carbocycles. The molecule has 3 rings (SSSR count). The first kappa shape index (κ1) is 14.7. The molecule has 1 N–H and O–H groups in total. The van der Waals surface area contributed by atoms with E-state index in [9.17, 15) is 5.11 Å². The quantitative estimate of drug-likeness (QED) is 0.943. The predicted molar refractivity (Wildman–Crippen MR) is 88.3 cm³/mol. The second kappa shape index (κ2) is 5.89. The van der Waals surface area contributed by atoms with E-state index < -0.39 is 0 Å². The lowest BCUT2D eigenvalue weighted by Crippen LogP contribution is -2.27. The van der Waals surface area contributed by atoms with Crippen LogP contribution in [0.15, 0.2) is 0 Å². The molecule has 0 spiro atoms. The smallest absolute Gasteiger partial charge is 0.141 e. The zero-order valence-corrected chi connectivity index (χ0v) is 13.8. The average molecular weight is 305 g/mol. The van der Waals surface area contributed by atoms with Crippen molar-refractivity contribution >= 4 is 27.4 Å². The maximum atomic E-state index is 9.31. The van der Waals surface area contributed by atoms with Gasteiger partial charge in [0.05, 0.1) is 12.0 Å². The molecule has 2 aromatic heterocycles. The molecule has 0 fully saturated rings. The number of aromatic nitrogens is 2. The van der Waals surface area contributed by atoms with Gasteiger partial charge >= 0.3 is 0 Å². The van der Waals surface area contributed by atoms with Crippen molar-refractivity contribution in [1.29, 1.82) is 0 Å². The van der Waals surface area contributed by atoms with Crippen LogP contribution >= 0.6 is 11.3 Å². The fraction of sp³-hybridized carbons (Fsp3) is 0.625. The molecule has 21 heavy (non-hydrogen) atoms. The van der Waals surface area contributed by atoms with Crippen LogP contribution in [0.1, 0.15) is 36.5 Å². The van der Waals surface area contributed by atoms with E-state index >= 15 is 0 Å². The first-order valence-corrected chi connectivity index (χ1v) is 8.60. The molecule has 0 amide bonds. The summed E-state index contributed by atoms with van der Waals surface area (Å²) in [6, 6.07) is 0. The van der Waals surface area contributed by atoms with Crippen LogP contribution < -0.4 is 4.90 Å². The number of fused-ring (bicyclic) bond motifs is 3. The predicted octanol–water partition coefficient (Wildman–Crippen LogP) is 2.94. The number of thiophene rings is 1. The van der Waals surface area contributed by atoms with Crippen molar-refractivity contribution in [2.24, 2.45) is 5.92 Å². The van der Waals surface area contributed by atoms with Gasteiger partial charge < -0.3 is 10.0 Å². The molecule has 2 heterocycles. The molecule has 0 radical (unpaired) electrons. The maximum Gasteiger partial charge on any atom is 0.141 e. The van der Waals surface area contributed by atoms with E-state index in [1.807, 2.05) is 18.3 Å². The molecule has 114 valence electrons. The van der Waals surface area contributed by atoms with E-state index in [4.69, 9.17) is 4.98 Å². The third-order valence-corrected chi connectivity index (χ3v) is 5.45. The van der Waals surface area contributed by atoms with Gasteiger partial charge in [-0.25, -0.2) is 9.97 Å². The molecule has 0 saturated heterocycles. The Morgan fingerprint density at radius 1 is 1.38 bits per heavy atom. The van der Waals surface area contributed by atoms with Gasteiger partial charge in [0.1, 0.15) is 16.5 Å². The minimum atomic E-state index is 0.155. The Balaban J connectivity index is 2.18. The number of hydrogen-bond acceptors (Lipinski definition) is 5. The minimum absolute atomic E-state index is 0.155. The van der Waals surface area contributed by atoms with E-state index in [2.05, 4.69) is 23.7 Å². The second-order valence-corrected chi connectivity index (χ2v) is 7.01. The number of anilines is 1. The molecular weight excluding hydrogens is 282 g/mol. The van der Waals surface area contributed by atoms with Gasteiger partial charge in [0, 0.05) is 18.0 Å². The minimum Gasteiger partial charge on any atom is -0.395 e. The van der Waals surface area contributed by atoms with Gasteiger partial charge in [0.15, 0.2) is 0 Å². The largest absolute Gasteiger partial charge is 0.395 e. The summed E-state index contributed by atoms with van der Waals surface area (Å²) in [5, 5.41) is 10.6. The highest BCUT2D eigenvalue weighted by Gasteiger charge is 2.25. The maximum absolute atomic E-state index is 9.31. The number of nitrogens with zero attached hydrogens (tertiary/aromatic N) is 3. The van der Waals surface area contributed by atoms with Crippen molar-refractivity contribution in [3.63, 3.8) is 0 Å². The summed E-state index contributed by atoms with van der Waals surface area (Å²) in [5.74, 6) is 2.60. The Morgan fingerprint density at radius 3 is 2.90 bits per heavy atom. The van der Waals surface area contributed by atoms with Gasteiger partial charge in [-0.15, -0.1) is 11.3 Å². The third kappa shape index (κ3) is 2.64. The Kier molecular flexibility index (Phi) is 4.13. The lowest BCUT2D eigenvalue weighted by Gasteiger charge is -2.23.